The molecule has 7 heteroatoms. The smallest absolute Gasteiger partial charge is 0.293 e. The van der Waals surface area contributed by atoms with Crippen LogP contribution in [0.25, 0.3) is 0 Å². The summed E-state index contributed by atoms with van der Waals surface area (Å²) in [5, 5.41) is 3.13. The van der Waals surface area contributed by atoms with Crippen LogP contribution < -0.4 is 5.32 Å². The summed E-state index contributed by atoms with van der Waals surface area (Å²) < 4.78 is 28.3. The molecule has 1 aliphatic heterocycles. The predicted octanol–water partition coefficient (Wildman–Crippen LogP) is 0.198. The van der Waals surface area contributed by atoms with E-state index in [9.17, 15) is 13.2 Å². The van der Waals surface area contributed by atoms with Crippen LogP contribution in [-0.4, -0.2) is 56.7 Å². The maximum atomic E-state index is 11.1. The van der Waals surface area contributed by atoms with Gasteiger partial charge in [-0.05, 0) is 27.7 Å². The van der Waals surface area contributed by atoms with Crippen LogP contribution in [0.2, 0.25) is 0 Å². The molecule has 0 aliphatic carbocycles. The van der Waals surface area contributed by atoms with Gasteiger partial charge in [0.2, 0.25) is 10.0 Å². The van der Waals surface area contributed by atoms with Gasteiger partial charge in [-0.2, -0.15) is 4.31 Å². The number of piperazine rings is 1. The van der Waals surface area contributed by atoms with E-state index in [1.54, 1.807) is 0 Å². The van der Waals surface area contributed by atoms with Gasteiger partial charge in [-0.3, -0.25) is 4.79 Å². The molecule has 0 aromatic carbocycles. The first kappa shape index (κ1) is 17.3. The van der Waals surface area contributed by atoms with Crippen molar-refractivity contribution < 1.29 is 17.9 Å². The molecule has 1 aliphatic rings. The normalized spacial score (nSPS) is 21.7. The Hall–Kier alpha value is -0.660. The summed E-state index contributed by atoms with van der Waals surface area (Å²) in [6.07, 6.45) is 1.26. The minimum absolute atomic E-state index is 0.0961. The van der Waals surface area contributed by atoms with Crippen molar-refractivity contribution in [1.82, 2.24) is 9.62 Å². The molecule has 1 rings (SSSR count). The number of ether oxygens (including phenoxy) is 1. The number of carbonyl (C=O) groups excluding carboxylic acids is 1. The number of rotatable bonds is 2. The highest BCUT2D eigenvalue weighted by molar-refractivity contribution is 7.88. The highest BCUT2D eigenvalue weighted by Gasteiger charge is 2.25. The second kappa shape index (κ2) is 7.06. The lowest BCUT2D eigenvalue weighted by Gasteiger charge is -2.31. The van der Waals surface area contributed by atoms with Crippen LogP contribution in [-0.2, 0) is 19.6 Å². The van der Waals surface area contributed by atoms with Crippen LogP contribution in [0.5, 0.6) is 0 Å². The fourth-order valence-corrected chi connectivity index (χ4v) is 2.61. The van der Waals surface area contributed by atoms with Gasteiger partial charge in [-0.15, -0.1) is 0 Å². The molecule has 108 valence electrons. The van der Waals surface area contributed by atoms with E-state index in [1.165, 1.54) is 10.6 Å². The monoisotopic (exact) mass is 280 g/mol. The quantitative estimate of drug-likeness (QED) is 0.731. The zero-order valence-corrected chi connectivity index (χ0v) is 12.6. The molecule has 1 heterocycles. The Morgan fingerprint density at radius 3 is 2.17 bits per heavy atom. The number of carbonyl (C=O) groups is 1. The SMILES string of the molecule is CC(C)(C)OC=O.C[C@@H]1CNCCN1S(C)(=O)=O. The van der Waals surface area contributed by atoms with E-state index in [0.29, 0.717) is 13.0 Å². The summed E-state index contributed by atoms with van der Waals surface area (Å²) in [6, 6.07) is 0.0961. The Balaban J connectivity index is 0.000000360. The Labute approximate surface area is 110 Å². The van der Waals surface area contributed by atoms with E-state index >= 15 is 0 Å². The van der Waals surface area contributed by atoms with Gasteiger partial charge in [-0.1, -0.05) is 0 Å². The van der Waals surface area contributed by atoms with Crippen molar-refractivity contribution in [3.8, 4) is 0 Å². The highest BCUT2D eigenvalue weighted by Crippen LogP contribution is 2.06. The Morgan fingerprint density at radius 1 is 1.39 bits per heavy atom. The second-order valence-corrected chi connectivity index (χ2v) is 7.19. The molecule has 1 atom stereocenters. The molecular weight excluding hydrogens is 256 g/mol. The molecule has 0 radical (unpaired) electrons. The zero-order chi connectivity index (χ0) is 14.4. The van der Waals surface area contributed by atoms with Crippen molar-refractivity contribution in [3.05, 3.63) is 0 Å². The molecule has 6 nitrogen and oxygen atoms in total. The van der Waals surface area contributed by atoms with Crippen LogP contribution in [0, 0.1) is 0 Å². The third-order valence-corrected chi connectivity index (χ3v) is 3.66. The molecule has 0 spiro atoms. The first-order valence-corrected chi connectivity index (χ1v) is 7.72. The van der Waals surface area contributed by atoms with Crippen molar-refractivity contribution in [2.75, 3.05) is 25.9 Å². The van der Waals surface area contributed by atoms with Crippen molar-refractivity contribution >= 4 is 16.5 Å². The van der Waals surface area contributed by atoms with Gasteiger partial charge in [0.25, 0.3) is 6.47 Å². The predicted molar refractivity (Wildman–Crippen MR) is 70.8 cm³/mol. The molecule has 0 aromatic heterocycles. The molecule has 18 heavy (non-hydrogen) atoms. The van der Waals surface area contributed by atoms with Crippen molar-refractivity contribution in [1.29, 1.82) is 0 Å². The van der Waals surface area contributed by atoms with Gasteiger partial charge in [-0.25, -0.2) is 8.42 Å². The van der Waals surface area contributed by atoms with Gasteiger partial charge in [0, 0.05) is 25.7 Å². The van der Waals surface area contributed by atoms with Gasteiger partial charge in [0.15, 0.2) is 0 Å². The first-order valence-electron chi connectivity index (χ1n) is 5.87. The van der Waals surface area contributed by atoms with E-state index in [1.807, 2.05) is 27.7 Å². The number of hydrogen-bond acceptors (Lipinski definition) is 5. The molecule has 1 N–H and O–H groups in total. The highest BCUT2D eigenvalue weighted by atomic mass is 32.2. The van der Waals surface area contributed by atoms with Crippen LogP contribution in [0.4, 0.5) is 0 Å². The van der Waals surface area contributed by atoms with E-state index in [4.69, 9.17) is 0 Å². The topological polar surface area (TPSA) is 75.7 Å². The summed E-state index contributed by atoms with van der Waals surface area (Å²) in [5.41, 5.74) is -0.318. The Bertz CT molecular complexity index is 349. The van der Waals surface area contributed by atoms with Crippen LogP contribution >= 0.6 is 0 Å². The molecule has 0 saturated carbocycles. The summed E-state index contributed by atoms with van der Waals surface area (Å²) >= 11 is 0. The largest absolute Gasteiger partial charge is 0.462 e. The van der Waals surface area contributed by atoms with Crippen molar-refractivity contribution in [2.24, 2.45) is 0 Å². The summed E-state index contributed by atoms with van der Waals surface area (Å²) in [5.74, 6) is 0. The molecular formula is C11H24N2O4S. The van der Waals surface area contributed by atoms with Gasteiger partial charge < -0.3 is 10.1 Å². The minimum Gasteiger partial charge on any atom is -0.462 e. The average Bonchev–Trinajstić information content (AvgIpc) is 2.15. The van der Waals surface area contributed by atoms with E-state index in [2.05, 4.69) is 10.1 Å². The number of hydrogen-bond donors (Lipinski definition) is 1. The molecule has 0 unspecified atom stereocenters. The molecule has 0 amide bonds. The Morgan fingerprint density at radius 2 is 1.94 bits per heavy atom. The maximum Gasteiger partial charge on any atom is 0.293 e. The molecule has 1 saturated heterocycles. The lowest BCUT2D eigenvalue weighted by molar-refractivity contribution is -0.138. The first-order chi connectivity index (χ1) is 8.08. The number of nitrogens with zero attached hydrogens (tertiary/aromatic N) is 1. The number of nitrogens with one attached hydrogen (secondary N) is 1. The van der Waals surface area contributed by atoms with E-state index in [0.717, 1.165) is 13.1 Å². The van der Waals surface area contributed by atoms with Crippen LogP contribution in [0.15, 0.2) is 0 Å². The fourth-order valence-electron chi connectivity index (χ4n) is 1.46. The van der Waals surface area contributed by atoms with Gasteiger partial charge >= 0.3 is 0 Å². The lowest BCUT2D eigenvalue weighted by atomic mass is 10.2. The number of sulfonamides is 1. The van der Waals surface area contributed by atoms with E-state index < -0.39 is 10.0 Å². The van der Waals surface area contributed by atoms with Crippen molar-refractivity contribution in [3.63, 3.8) is 0 Å². The maximum absolute atomic E-state index is 11.1. The molecule has 1 fully saturated rings. The Kier molecular flexibility index (Phi) is 6.80. The summed E-state index contributed by atoms with van der Waals surface area (Å²) in [7, 11) is -2.98. The zero-order valence-electron chi connectivity index (χ0n) is 11.8. The van der Waals surface area contributed by atoms with E-state index in [-0.39, 0.29) is 11.6 Å². The third-order valence-electron chi connectivity index (χ3n) is 2.27. The lowest BCUT2D eigenvalue weighted by Crippen LogP contribution is -2.51. The average molecular weight is 280 g/mol. The fraction of sp³-hybridized carbons (Fsp3) is 0.909. The van der Waals surface area contributed by atoms with Gasteiger partial charge in [0.1, 0.15) is 5.60 Å². The molecule has 0 aromatic rings. The standard InChI is InChI=1S/C6H14N2O2S.C5H10O2/c1-6-5-7-3-4-8(6)11(2,9)10;1-5(2,3)7-4-6/h6-7H,3-5H2,1-2H3;4H,1-3H3/t6-;/m1./s1. The van der Waals surface area contributed by atoms with Crippen molar-refractivity contribution in [2.45, 2.75) is 39.3 Å². The summed E-state index contributed by atoms with van der Waals surface area (Å²) in [4.78, 5) is 9.60. The molecule has 0 bridgehead atoms. The van der Waals surface area contributed by atoms with Gasteiger partial charge in [0.05, 0.1) is 6.26 Å². The third kappa shape index (κ3) is 7.62. The second-order valence-electron chi connectivity index (χ2n) is 5.25. The summed E-state index contributed by atoms with van der Waals surface area (Å²) in [6.45, 7) is 9.95. The van der Waals surface area contributed by atoms with Crippen LogP contribution in [0.3, 0.4) is 0 Å². The van der Waals surface area contributed by atoms with Crippen LogP contribution in [0.1, 0.15) is 27.7 Å². The minimum atomic E-state index is -2.98.